The van der Waals surface area contributed by atoms with Gasteiger partial charge in [-0.15, -0.1) is 0 Å². The molecule has 0 radical (unpaired) electrons. The summed E-state index contributed by atoms with van der Waals surface area (Å²) in [6.07, 6.45) is 4.64. The zero-order valence-electron chi connectivity index (χ0n) is 28.4. The second-order valence-electron chi connectivity index (χ2n) is 13.9. The zero-order chi connectivity index (χ0) is 34.1. The van der Waals surface area contributed by atoms with Gasteiger partial charge in [-0.3, -0.25) is 10.8 Å². The molecule has 4 aromatic carbocycles. The molecule has 1 fully saturated rings. The Balaban J connectivity index is 1.06. The maximum Gasteiger partial charge on any atom is 0.122 e. The quantitative estimate of drug-likeness (QED) is 0.0606. The third-order valence-electron chi connectivity index (χ3n) is 9.70. The minimum Gasteiger partial charge on any atom is -0.489 e. The fourth-order valence-corrected chi connectivity index (χ4v) is 6.40. The first-order valence-electron chi connectivity index (χ1n) is 16.8. The average molecular weight is 647 g/mol. The van der Waals surface area contributed by atoms with Gasteiger partial charge in [-0.25, -0.2) is 0 Å². The van der Waals surface area contributed by atoms with E-state index in [1.54, 1.807) is 12.1 Å². The number of benzene rings is 4. The number of hydrogen-bond donors (Lipinski definition) is 6. The molecule has 0 aromatic heterocycles. The van der Waals surface area contributed by atoms with Gasteiger partial charge in [0.25, 0.3) is 0 Å². The maximum absolute atomic E-state index is 7.55. The molecule has 0 bridgehead atoms. The Morgan fingerprint density at radius 1 is 0.708 bits per heavy atom. The number of nitrogens with two attached hydrogens (primary N) is 2. The molecule has 0 amide bonds. The van der Waals surface area contributed by atoms with Crippen molar-refractivity contribution in [2.45, 2.75) is 83.8 Å². The van der Waals surface area contributed by atoms with E-state index in [0.29, 0.717) is 30.3 Å². The predicted molar refractivity (Wildman–Crippen MR) is 195 cm³/mol. The van der Waals surface area contributed by atoms with Gasteiger partial charge in [-0.2, -0.15) is 0 Å². The Kier molecular flexibility index (Phi) is 11.2. The first-order valence-corrected chi connectivity index (χ1v) is 16.8. The van der Waals surface area contributed by atoms with Crippen LogP contribution in [0.15, 0.2) is 97.1 Å². The summed E-state index contributed by atoms with van der Waals surface area (Å²) in [6.45, 7) is 9.67. The van der Waals surface area contributed by atoms with Gasteiger partial charge in [0.2, 0.25) is 0 Å². The molecule has 1 aliphatic rings. The van der Waals surface area contributed by atoms with Crippen molar-refractivity contribution >= 4 is 11.7 Å². The molecule has 0 saturated heterocycles. The number of hydrogen-bond acceptors (Lipinski definition) is 6. The summed E-state index contributed by atoms with van der Waals surface area (Å²) in [5, 5.41) is 22.8. The van der Waals surface area contributed by atoms with E-state index in [2.05, 4.69) is 79.9 Å². The van der Waals surface area contributed by atoms with Crippen LogP contribution in [0.2, 0.25) is 0 Å². The third-order valence-corrected chi connectivity index (χ3v) is 9.70. The van der Waals surface area contributed by atoms with Crippen LogP contribution in [0.25, 0.3) is 0 Å². The van der Waals surface area contributed by atoms with Crippen LogP contribution in [0.4, 0.5) is 0 Å². The molecule has 252 valence electrons. The van der Waals surface area contributed by atoms with Crippen molar-refractivity contribution in [3.05, 3.63) is 130 Å². The van der Waals surface area contributed by atoms with E-state index in [4.69, 9.17) is 31.8 Å². The van der Waals surface area contributed by atoms with Crippen LogP contribution < -0.4 is 31.6 Å². The van der Waals surface area contributed by atoms with Crippen LogP contribution in [0.1, 0.15) is 79.8 Å². The molecular formula is C40H50N6O2. The third kappa shape index (κ3) is 9.69. The Hall–Kier alpha value is -4.66. The lowest BCUT2D eigenvalue weighted by Crippen LogP contribution is -2.51. The summed E-state index contributed by atoms with van der Waals surface area (Å²) in [6, 6.07) is 31.8. The molecule has 8 N–H and O–H groups in total. The van der Waals surface area contributed by atoms with Crippen LogP contribution in [-0.4, -0.2) is 22.7 Å². The molecule has 1 aliphatic carbocycles. The lowest BCUT2D eigenvalue weighted by Gasteiger charge is -2.44. The Morgan fingerprint density at radius 2 is 1.15 bits per heavy atom. The predicted octanol–water partition coefficient (Wildman–Crippen LogP) is 7.02. The van der Waals surface area contributed by atoms with E-state index in [0.717, 1.165) is 48.6 Å². The largest absolute Gasteiger partial charge is 0.489 e. The summed E-state index contributed by atoms with van der Waals surface area (Å²) in [5.41, 5.74) is 17.4. The molecule has 8 nitrogen and oxygen atoms in total. The van der Waals surface area contributed by atoms with Gasteiger partial charge in [0.05, 0.1) is 0 Å². The van der Waals surface area contributed by atoms with Crippen LogP contribution in [0.5, 0.6) is 11.5 Å². The molecule has 0 aliphatic heterocycles. The highest BCUT2D eigenvalue weighted by atomic mass is 16.5. The molecule has 0 atom stereocenters. The summed E-state index contributed by atoms with van der Waals surface area (Å²) < 4.78 is 12.0. The molecule has 1 saturated carbocycles. The van der Waals surface area contributed by atoms with Gasteiger partial charge in [-0.1, -0.05) is 48.5 Å². The zero-order valence-corrected chi connectivity index (χ0v) is 28.4. The first kappa shape index (κ1) is 34.7. The van der Waals surface area contributed by atoms with Crippen molar-refractivity contribution in [1.82, 2.24) is 10.6 Å². The highest BCUT2D eigenvalue weighted by molar-refractivity contribution is 5.95. The summed E-state index contributed by atoms with van der Waals surface area (Å²) in [7, 11) is 0. The maximum atomic E-state index is 7.55. The average Bonchev–Trinajstić information content (AvgIpc) is 3.09. The normalized spacial score (nSPS) is 17.9. The van der Waals surface area contributed by atoms with E-state index in [-0.39, 0.29) is 22.7 Å². The summed E-state index contributed by atoms with van der Waals surface area (Å²) in [5.74, 6) is 2.24. The van der Waals surface area contributed by atoms with Crippen molar-refractivity contribution in [3.8, 4) is 11.5 Å². The van der Waals surface area contributed by atoms with E-state index < -0.39 is 0 Å². The lowest BCUT2D eigenvalue weighted by atomic mass is 9.70. The summed E-state index contributed by atoms with van der Waals surface area (Å²) in [4.78, 5) is 0. The number of ether oxygens (including phenoxy) is 2. The molecule has 8 heteroatoms. The highest BCUT2D eigenvalue weighted by Crippen LogP contribution is 2.38. The molecule has 48 heavy (non-hydrogen) atoms. The highest BCUT2D eigenvalue weighted by Gasteiger charge is 2.37. The molecule has 0 heterocycles. The number of rotatable bonds is 15. The Bertz CT molecular complexity index is 1670. The standard InChI is InChI=1S/C40H50N6O2/c1-39(2,45-24-28-6-4-8-30(22-28)26-47-35-14-10-32(11-15-35)37(41)42)34-18-20-40(3,21-19-34)46-25-29-7-5-9-31(23-29)27-48-36-16-12-33(13-17-36)38(43)44/h4-17,22-23,34,45-46H,18-21,24-27H2,1-3H3,(H3,41,42)(H3,43,44). The minimum atomic E-state index is 0.0208. The van der Waals surface area contributed by atoms with Gasteiger partial charge < -0.3 is 31.6 Å². The Morgan fingerprint density at radius 3 is 1.60 bits per heavy atom. The fourth-order valence-electron chi connectivity index (χ4n) is 6.40. The minimum absolute atomic E-state index is 0.0208. The topological polar surface area (TPSA) is 142 Å². The molecule has 4 aromatic rings. The Labute approximate surface area is 285 Å². The van der Waals surface area contributed by atoms with E-state index in [1.807, 2.05) is 36.4 Å². The second kappa shape index (κ2) is 15.5. The summed E-state index contributed by atoms with van der Waals surface area (Å²) >= 11 is 0. The number of nitrogen functional groups attached to an aromatic ring is 2. The van der Waals surface area contributed by atoms with Crippen LogP contribution in [-0.2, 0) is 26.3 Å². The van der Waals surface area contributed by atoms with Crippen LogP contribution in [0.3, 0.4) is 0 Å². The van der Waals surface area contributed by atoms with E-state index >= 15 is 0 Å². The van der Waals surface area contributed by atoms with Gasteiger partial charge >= 0.3 is 0 Å². The van der Waals surface area contributed by atoms with E-state index in [1.165, 1.54) is 24.0 Å². The first-order chi connectivity index (χ1) is 23.0. The van der Waals surface area contributed by atoms with Crippen molar-refractivity contribution in [2.24, 2.45) is 17.4 Å². The molecule has 0 unspecified atom stereocenters. The van der Waals surface area contributed by atoms with Crippen LogP contribution in [0, 0.1) is 16.7 Å². The lowest BCUT2D eigenvalue weighted by molar-refractivity contribution is 0.134. The molecular weight excluding hydrogens is 596 g/mol. The molecule has 0 spiro atoms. The molecule has 5 rings (SSSR count). The number of amidine groups is 2. The van der Waals surface area contributed by atoms with Gasteiger partial charge in [-0.05, 0) is 123 Å². The van der Waals surface area contributed by atoms with Crippen molar-refractivity contribution in [3.63, 3.8) is 0 Å². The van der Waals surface area contributed by atoms with Crippen molar-refractivity contribution < 1.29 is 9.47 Å². The smallest absolute Gasteiger partial charge is 0.122 e. The van der Waals surface area contributed by atoms with Crippen molar-refractivity contribution in [1.29, 1.82) is 10.8 Å². The van der Waals surface area contributed by atoms with Gasteiger partial charge in [0.1, 0.15) is 36.4 Å². The monoisotopic (exact) mass is 646 g/mol. The SMILES string of the molecule is CC1(NCc2cccc(COc3ccc(C(=N)N)cc3)c2)CCC(C(C)(C)NCc2cccc(COc3ccc(C(=N)N)cc3)c2)CC1. The van der Waals surface area contributed by atoms with Gasteiger partial charge in [0, 0.05) is 35.3 Å². The fraction of sp³-hybridized carbons (Fsp3) is 0.350. The van der Waals surface area contributed by atoms with Crippen molar-refractivity contribution in [2.75, 3.05) is 0 Å². The second-order valence-corrected chi connectivity index (χ2v) is 13.9. The number of nitrogens with one attached hydrogen (secondary N) is 4. The van der Waals surface area contributed by atoms with Gasteiger partial charge in [0.15, 0.2) is 0 Å². The van der Waals surface area contributed by atoms with Crippen LogP contribution >= 0.6 is 0 Å². The van der Waals surface area contributed by atoms with E-state index in [9.17, 15) is 0 Å².